The van der Waals surface area contributed by atoms with Gasteiger partial charge in [-0.05, 0) is 31.5 Å². The van der Waals surface area contributed by atoms with Gasteiger partial charge >= 0.3 is 0 Å². The van der Waals surface area contributed by atoms with Crippen molar-refractivity contribution in [3.8, 4) is 0 Å². The van der Waals surface area contributed by atoms with Gasteiger partial charge in [0.2, 0.25) is 11.8 Å². The summed E-state index contributed by atoms with van der Waals surface area (Å²) in [6.45, 7) is 3.63. The summed E-state index contributed by atoms with van der Waals surface area (Å²) in [6.07, 6.45) is 1.38. The second-order valence-corrected chi connectivity index (χ2v) is 5.09. The van der Waals surface area contributed by atoms with Gasteiger partial charge in [0.15, 0.2) is 0 Å². The van der Waals surface area contributed by atoms with Crippen LogP contribution in [0, 0.1) is 0 Å². The second-order valence-electron chi connectivity index (χ2n) is 4.68. The first-order valence-electron chi connectivity index (χ1n) is 5.97. The number of carbonyl (C=O) groups is 2. The predicted molar refractivity (Wildman–Crippen MR) is 83.3 cm³/mol. The van der Waals surface area contributed by atoms with Crippen LogP contribution in [-0.2, 0) is 4.79 Å². The van der Waals surface area contributed by atoms with E-state index in [9.17, 15) is 9.59 Å². The minimum Gasteiger partial charge on any atom is -0.366 e. The molecule has 0 aliphatic heterocycles. The molecule has 0 bridgehead atoms. The van der Waals surface area contributed by atoms with Gasteiger partial charge in [0.05, 0.1) is 16.1 Å². The van der Waals surface area contributed by atoms with Crippen molar-refractivity contribution in [2.24, 2.45) is 11.5 Å². The fourth-order valence-corrected chi connectivity index (χ4v) is 1.97. The molecule has 0 fully saturated rings. The molecule has 7 heteroatoms. The van der Waals surface area contributed by atoms with Crippen molar-refractivity contribution >= 4 is 41.5 Å². The van der Waals surface area contributed by atoms with E-state index in [2.05, 4.69) is 5.32 Å². The molecule has 0 saturated carbocycles. The first kappa shape index (κ1) is 18.7. The molecule has 0 spiro atoms. The van der Waals surface area contributed by atoms with E-state index < -0.39 is 11.4 Å². The van der Waals surface area contributed by atoms with Gasteiger partial charge in [-0.25, -0.2) is 0 Å². The summed E-state index contributed by atoms with van der Waals surface area (Å²) in [5.74, 6) is -0.908. The van der Waals surface area contributed by atoms with Crippen LogP contribution in [0.2, 0.25) is 5.02 Å². The lowest BCUT2D eigenvalue weighted by molar-refractivity contribution is -0.120. The molecule has 1 aromatic rings. The van der Waals surface area contributed by atoms with E-state index in [1.807, 2.05) is 6.92 Å². The Morgan fingerprint density at radius 3 is 2.45 bits per heavy atom. The van der Waals surface area contributed by atoms with Gasteiger partial charge in [0.25, 0.3) is 0 Å². The number of nitrogens with one attached hydrogen (secondary N) is 1. The molecule has 1 unspecified atom stereocenters. The number of hydrogen-bond acceptors (Lipinski definition) is 3. The minimum atomic E-state index is -0.941. The summed E-state index contributed by atoms with van der Waals surface area (Å²) in [7, 11) is 0. The highest BCUT2D eigenvalue weighted by Crippen LogP contribution is 2.21. The average molecular weight is 320 g/mol. The molecular formula is C13H19Cl2N3O2. The maximum atomic E-state index is 12.0. The first-order chi connectivity index (χ1) is 8.77. The van der Waals surface area contributed by atoms with Crippen molar-refractivity contribution in [1.82, 2.24) is 0 Å². The Labute approximate surface area is 129 Å². The topological polar surface area (TPSA) is 98.2 Å². The monoisotopic (exact) mass is 319 g/mol. The third kappa shape index (κ3) is 4.67. The van der Waals surface area contributed by atoms with Crippen LogP contribution in [0.4, 0.5) is 5.69 Å². The molecule has 20 heavy (non-hydrogen) atoms. The Kier molecular flexibility index (Phi) is 6.99. The molecule has 0 aliphatic carbocycles. The SMILES string of the molecule is CCCC(C)(N)C(=O)Nc1ccc(C(N)=O)c(Cl)c1.Cl. The van der Waals surface area contributed by atoms with Crippen LogP contribution in [0.3, 0.4) is 0 Å². The number of carbonyl (C=O) groups excluding carboxylic acids is 2. The number of hydrogen-bond donors (Lipinski definition) is 3. The van der Waals surface area contributed by atoms with E-state index in [4.69, 9.17) is 23.1 Å². The van der Waals surface area contributed by atoms with Crippen molar-refractivity contribution in [2.45, 2.75) is 32.2 Å². The van der Waals surface area contributed by atoms with Crippen LogP contribution in [0.15, 0.2) is 18.2 Å². The zero-order valence-electron chi connectivity index (χ0n) is 11.4. The van der Waals surface area contributed by atoms with E-state index in [1.54, 1.807) is 13.0 Å². The predicted octanol–water partition coefficient (Wildman–Crippen LogP) is 2.32. The van der Waals surface area contributed by atoms with Gasteiger partial charge in [-0.15, -0.1) is 12.4 Å². The van der Waals surface area contributed by atoms with Crippen LogP contribution in [-0.4, -0.2) is 17.4 Å². The quantitative estimate of drug-likeness (QED) is 0.776. The molecule has 1 rings (SSSR count). The molecule has 112 valence electrons. The Hall–Kier alpha value is -1.30. The van der Waals surface area contributed by atoms with Crippen molar-refractivity contribution in [3.05, 3.63) is 28.8 Å². The molecule has 1 atom stereocenters. The lowest BCUT2D eigenvalue weighted by Gasteiger charge is -2.23. The molecule has 0 aliphatic rings. The van der Waals surface area contributed by atoms with E-state index in [0.29, 0.717) is 12.1 Å². The van der Waals surface area contributed by atoms with E-state index in [1.165, 1.54) is 12.1 Å². The van der Waals surface area contributed by atoms with Gasteiger partial charge in [-0.1, -0.05) is 24.9 Å². The summed E-state index contributed by atoms with van der Waals surface area (Å²) in [5, 5.41) is 2.87. The Bertz CT molecular complexity index is 504. The Morgan fingerprint density at radius 2 is 2.00 bits per heavy atom. The fraction of sp³-hybridized carbons (Fsp3) is 0.385. The number of benzene rings is 1. The van der Waals surface area contributed by atoms with Gasteiger partial charge in [-0.3, -0.25) is 9.59 Å². The highest BCUT2D eigenvalue weighted by Gasteiger charge is 2.27. The van der Waals surface area contributed by atoms with Crippen molar-refractivity contribution in [1.29, 1.82) is 0 Å². The van der Waals surface area contributed by atoms with Crippen LogP contribution >= 0.6 is 24.0 Å². The van der Waals surface area contributed by atoms with Crippen LogP contribution in [0.5, 0.6) is 0 Å². The van der Waals surface area contributed by atoms with Gasteiger partial charge < -0.3 is 16.8 Å². The molecular weight excluding hydrogens is 301 g/mol. The lowest BCUT2D eigenvalue weighted by atomic mass is 9.96. The summed E-state index contributed by atoms with van der Waals surface area (Å²) < 4.78 is 0. The summed E-state index contributed by atoms with van der Waals surface area (Å²) >= 11 is 5.90. The van der Waals surface area contributed by atoms with E-state index in [0.717, 1.165) is 6.42 Å². The summed E-state index contributed by atoms with van der Waals surface area (Å²) in [6, 6.07) is 4.50. The van der Waals surface area contributed by atoms with E-state index >= 15 is 0 Å². The molecule has 1 aromatic carbocycles. The second kappa shape index (κ2) is 7.47. The number of primary amides is 1. The molecule has 5 nitrogen and oxygen atoms in total. The number of halogens is 2. The maximum Gasteiger partial charge on any atom is 0.250 e. The highest BCUT2D eigenvalue weighted by molar-refractivity contribution is 6.34. The third-order valence-corrected chi connectivity index (χ3v) is 3.09. The highest BCUT2D eigenvalue weighted by atomic mass is 35.5. The average Bonchev–Trinajstić information content (AvgIpc) is 2.28. The number of rotatable bonds is 5. The molecule has 0 heterocycles. The van der Waals surface area contributed by atoms with Crippen molar-refractivity contribution in [2.75, 3.05) is 5.32 Å². The molecule has 0 radical (unpaired) electrons. The summed E-state index contributed by atoms with van der Waals surface area (Å²) in [5.41, 5.74) is 10.8. The normalized spacial score (nSPS) is 13.0. The smallest absolute Gasteiger partial charge is 0.250 e. The van der Waals surface area contributed by atoms with E-state index in [-0.39, 0.29) is 28.9 Å². The maximum absolute atomic E-state index is 12.0. The van der Waals surface area contributed by atoms with Gasteiger partial charge in [0, 0.05) is 5.69 Å². The van der Waals surface area contributed by atoms with Crippen molar-refractivity contribution in [3.63, 3.8) is 0 Å². The zero-order valence-corrected chi connectivity index (χ0v) is 13.0. The number of anilines is 1. The minimum absolute atomic E-state index is 0. The molecule has 0 aromatic heterocycles. The molecule has 5 N–H and O–H groups in total. The van der Waals surface area contributed by atoms with Crippen LogP contribution in [0.1, 0.15) is 37.0 Å². The fourth-order valence-electron chi connectivity index (χ4n) is 1.70. The standard InChI is InChI=1S/C13H18ClN3O2.ClH/c1-3-6-13(2,16)12(19)17-8-4-5-9(11(15)18)10(14)7-8;/h4-5,7H,3,6,16H2,1-2H3,(H2,15,18)(H,17,19);1H. The Balaban J connectivity index is 0.00000361. The van der Waals surface area contributed by atoms with Gasteiger partial charge in [-0.2, -0.15) is 0 Å². The zero-order chi connectivity index (χ0) is 14.6. The number of nitrogens with two attached hydrogens (primary N) is 2. The van der Waals surface area contributed by atoms with Gasteiger partial charge in [0.1, 0.15) is 0 Å². The molecule has 2 amide bonds. The van der Waals surface area contributed by atoms with Crippen LogP contribution < -0.4 is 16.8 Å². The first-order valence-corrected chi connectivity index (χ1v) is 6.35. The Morgan fingerprint density at radius 1 is 1.40 bits per heavy atom. The third-order valence-electron chi connectivity index (χ3n) is 2.78. The number of amides is 2. The van der Waals surface area contributed by atoms with Crippen LogP contribution in [0.25, 0.3) is 0 Å². The summed E-state index contributed by atoms with van der Waals surface area (Å²) in [4.78, 5) is 23.0. The molecule has 0 saturated heterocycles. The lowest BCUT2D eigenvalue weighted by Crippen LogP contribution is -2.48. The largest absolute Gasteiger partial charge is 0.366 e. The van der Waals surface area contributed by atoms with Crippen molar-refractivity contribution < 1.29 is 9.59 Å².